The number of sulfonamides is 1. The van der Waals surface area contributed by atoms with Gasteiger partial charge in [-0.05, 0) is 55.2 Å². The number of nitrogens with one attached hydrogen (secondary N) is 1. The normalized spacial score (nSPS) is 25.5. The lowest BCUT2D eigenvalue weighted by atomic mass is 9.80. The highest BCUT2D eigenvalue weighted by Gasteiger charge is 2.63. The molecule has 1 spiro atoms. The molecule has 1 N–H and O–H groups in total. The van der Waals surface area contributed by atoms with Crippen LogP contribution in [0.5, 0.6) is 0 Å². The molecule has 1 heterocycles. The standard InChI is InChI=1S/C25H29FN2O3S/c1-32(30,31)27-22-21(16-18-7-5-10-20(15-18)19-8-3-2-4-9-19)28(17-24(22)13-14-24)23(29)25(26)11-6-12-25/h2-5,7-10,15,21-22,27H,6,11-14,16-17H2,1H3. The number of rotatable bonds is 6. The predicted octanol–water partition coefficient (Wildman–Crippen LogP) is 3.70. The van der Waals surface area contributed by atoms with Gasteiger partial charge in [-0.1, -0.05) is 54.6 Å². The number of hydrogen-bond donors (Lipinski definition) is 1. The van der Waals surface area contributed by atoms with Gasteiger partial charge in [0, 0.05) is 18.0 Å². The summed E-state index contributed by atoms with van der Waals surface area (Å²) in [6, 6.07) is 17.3. The summed E-state index contributed by atoms with van der Waals surface area (Å²) < 4.78 is 42.4. The number of carbonyl (C=O) groups is 1. The molecular formula is C25H29FN2O3S. The van der Waals surface area contributed by atoms with Crippen LogP contribution in [0.3, 0.4) is 0 Å². The third-order valence-electron chi connectivity index (χ3n) is 7.43. The summed E-state index contributed by atoms with van der Waals surface area (Å²) in [6.45, 7) is 0.424. The van der Waals surface area contributed by atoms with E-state index in [1.807, 2.05) is 48.5 Å². The molecule has 170 valence electrons. The molecule has 0 aromatic heterocycles. The summed E-state index contributed by atoms with van der Waals surface area (Å²) in [5, 5.41) is 0. The number of hydrogen-bond acceptors (Lipinski definition) is 3. The zero-order valence-corrected chi connectivity index (χ0v) is 19.1. The summed E-state index contributed by atoms with van der Waals surface area (Å²) in [5.74, 6) is -0.461. The van der Waals surface area contributed by atoms with E-state index in [9.17, 15) is 13.2 Å². The van der Waals surface area contributed by atoms with Crippen LogP contribution in [0, 0.1) is 5.41 Å². The van der Waals surface area contributed by atoms with Crippen molar-refractivity contribution in [2.45, 2.75) is 56.3 Å². The van der Waals surface area contributed by atoms with Crippen LogP contribution in [-0.2, 0) is 21.2 Å². The Kier molecular flexibility index (Phi) is 5.17. The Hall–Kier alpha value is -2.25. The Bertz CT molecular complexity index is 1130. The van der Waals surface area contributed by atoms with E-state index in [0.29, 0.717) is 13.0 Å². The highest BCUT2D eigenvalue weighted by atomic mass is 32.2. The molecule has 5 rings (SSSR count). The number of halogens is 1. The zero-order chi connectivity index (χ0) is 22.6. The average Bonchev–Trinajstić information content (AvgIpc) is 3.47. The van der Waals surface area contributed by atoms with E-state index in [1.54, 1.807) is 4.90 Å². The Morgan fingerprint density at radius 2 is 1.75 bits per heavy atom. The third-order valence-corrected chi connectivity index (χ3v) is 8.11. The van der Waals surface area contributed by atoms with Crippen molar-refractivity contribution in [1.29, 1.82) is 0 Å². The van der Waals surface area contributed by atoms with Gasteiger partial charge in [-0.15, -0.1) is 0 Å². The molecule has 5 nitrogen and oxygen atoms in total. The lowest BCUT2D eigenvalue weighted by Crippen LogP contribution is -2.55. The summed E-state index contributed by atoms with van der Waals surface area (Å²) in [5.41, 5.74) is 1.10. The minimum atomic E-state index is -3.47. The van der Waals surface area contributed by atoms with Crippen molar-refractivity contribution in [3.63, 3.8) is 0 Å². The number of carbonyl (C=O) groups excluding carboxylic acids is 1. The molecule has 2 unspecified atom stereocenters. The average molecular weight is 457 g/mol. The second-order valence-corrected chi connectivity index (χ2v) is 11.6. The van der Waals surface area contributed by atoms with E-state index >= 15 is 4.39 Å². The predicted molar refractivity (Wildman–Crippen MR) is 122 cm³/mol. The summed E-state index contributed by atoms with van der Waals surface area (Å²) in [7, 11) is -3.47. The maximum atomic E-state index is 15.2. The number of benzene rings is 2. The number of alkyl halides is 1. The summed E-state index contributed by atoms with van der Waals surface area (Å²) in [6.07, 6.45) is 4.58. The maximum absolute atomic E-state index is 15.2. The van der Waals surface area contributed by atoms with E-state index in [2.05, 4.69) is 10.8 Å². The van der Waals surface area contributed by atoms with Crippen LogP contribution < -0.4 is 4.72 Å². The maximum Gasteiger partial charge on any atom is 0.260 e. The van der Waals surface area contributed by atoms with E-state index in [4.69, 9.17) is 0 Å². The molecule has 2 aliphatic carbocycles. The van der Waals surface area contributed by atoms with Gasteiger partial charge in [-0.25, -0.2) is 17.5 Å². The Balaban J connectivity index is 1.48. The fourth-order valence-electron chi connectivity index (χ4n) is 5.37. The Labute approximate surface area is 189 Å². The number of amides is 1. The lowest BCUT2D eigenvalue weighted by molar-refractivity contribution is -0.151. The van der Waals surface area contributed by atoms with Gasteiger partial charge < -0.3 is 4.90 Å². The van der Waals surface area contributed by atoms with Crippen LogP contribution in [0.1, 0.15) is 37.7 Å². The lowest BCUT2D eigenvalue weighted by Gasteiger charge is -2.38. The van der Waals surface area contributed by atoms with Gasteiger partial charge in [-0.3, -0.25) is 4.79 Å². The van der Waals surface area contributed by atoms with Gasteiger partial charge in [0.15, 0.2) is 5.67 Å². The minimum absolute atomic E-state index is 0.260. The van der Waals surface area contributed by atoms with Crippen LogP contribution in [0.2, 0.25) is 0 Å². The largest absolute Gasteiger partial charge is 0.334 e. The molecule has 2 aromatic rings. The topological polar surface area (TPSA) is 66.5 Å². The highest BCUT2D eigenvalue weighted by Crippen LogP contribution is 2.56. The molecule has 0 bridgehead atoms. The van der Waals surface area contributed by atoms with Crippen molar-refractivity contribution in [2.24, 2.45) is 5.41 Å². The molecule has 1 amide bonds. The van der Waals surface area contributed by atoms with Gasteiger partial charge in [0.2, 0.25) is 10.0 Å². The first-order valence-corrected chi connectivity index (χ1v) is 13.2. The van der Waals surface area contributed by atoms with Gasteiger partial charge in [0.25, 0.3) is 5.91 Å². The van der Waals surface area contributed by atoms with E-state index < -0.39 is 33.7 Å². The van der Waals surface area contributed by atoms with Crippen LogP contribution >= 0.6 is 0 Å². The summed E-state index contributed by atoms with van der Waals surface area (Å²) >= 11 is 0. The molecule has 3 fully saturated rings. The van der Waals surface area contributed by atoms with E-state index in [-0.39, 0.29) is 18.3 Å². The minimum Gasteiger partial charge on any atom is -0.334 e. The molecule has 3 aliphatic rings. The molecule has 2 atom stereocenters. The second-order valence-electron chi connectivity index (χ2n) is 9.82. The molecule has 2 aromatic carbocycles. The summed E-state index contributed by atoms with van der Waals surface area (Å²) in [4.78, 5) is 14.9. The smallest absolute Gasteiger partial charge is 0.260 e. The van der Waals surface area contributed by atoms with Crippen LogP contribution in [0.15, 0.2) is 54.6 Å². The molecule has 2 saturated carbocycles. The van der Waals surface area contributed by atoms with Crippen molar-refractivity contribution in [1.82, 2.24) is 9.62 Å². The van der Waals surface area contributed by atoms with Crippen LogP contribution in [-0.4, -0.2) is 49.8 Å². The van der Waals surface area contributed by atoms with Crippen molar-refractivity contribution >= 4 is 15.9 Å². The molecule has 7 heteroatoms. The van der Waals surface area contributed by atoms with Gasteiger partial charge in [-0.2, -0.15) is 0 Å². The first kappa shape index (κ1) is 21.6. The van der Waals surface area contributed by atoms with Crippen molar-refractivity contribution in [2.75, 3.05) is 12.8 Å². The molecule has 32 heavy (non-hydrogen) atoms. The van der Waals surface area contributed by atoms with E-state index in [1.165, 1.54) is 0 Å². The van der Waals surface area contributed by atoms with Crippen LogP contribution in [0.25, 0.3) is 11.1 Å². The third kappa shape index (κ3) is 3.97. The second kappa shape index (κ2) is 7.66. The van der Waals surface area contributed by atoms with Crippen molar-refractivity contribution in [3.8, 4) is 11.1 Å². The first-order chi connectivity index (χ1) is 15.2. The highest BCUT2D eigenvalue weighted by molar-refractivity contribution is 7.88. The van der Waals surface area contributed by atoms with Gasteiger partial charge in [0.1, 0.15) is 0 Å². The van der Waals surface area contributed by atoms with Crippen LogP contribution in [0.4, 0.5) is 4.39 Å². The number of nitrogens with zero attached hydrogens (tertiary/aromatic N) is 1. The Morgan fingerprint density at radius 3 is 2.34 bits per heavy atom. The fraction of sp³-hybridized carbons (Fsp3) is 0.480. The zero-order valence-electron chi connectivity index (χ0n) is 18.3. The SMILES string of the molecule is CS(=O)(=O)NC1C(Cc2cccc(-c3ccccc3)c2)N(C(=O)C2(F)CCC2)CC12CC2. The number of likely N-dealkylation sites (tertiary alicyclic amines) is 1. The van der Waals surface area contributed by atoms with Crippen molar-refractivity contribution in [3.05, 3.63) is 60.2 Å². The fourth-order valence-corrected chi connectivity index (χ4v) is 6.23. The monoisotopic (exact) mass is 456 g/mol. The van der Waals surface area contributed by atoms with E-state index in [0.717, 1.165) is 42.2 Å². The van der Waals surface area contributed by atoms with Crippen molar-refractivity contribution < 1.29 is 17.6 Å². The molecule has 0 radical (unpaired) electrons. The Morgan fingerprint density at radius 1 is 1.06 bits per heavy atom. The molecular weight excluding hydrogens is 427 g/mol. The first-order valence-electron chi connectivity index (χ1n) is 11.3. The van der Waals surface area contributed by atoms with Gasteiger partial charge in [0.05, 0.1) is 12.3 Å². The molecule has 1 saturated heterocycles. The quantitative estimate of drug-likeness (QED) is 0.721. The van der Waals surface area contributed by atoms with Gasteiger partial charge >= 0.3 is 0 Å². The molecule has 1 aliphatic heterocycles.